The van der Waals surface area contributed by atoms with Crippen molar-refractivity contribution in [1.29, 1.82) is 0 Å². The number of anilines is 2. The predicted octanol–water partition coefficient (Wildman–Crippen LogP) is 4.83. The molecule has 6 heteroatoms. The summed E-state index contributed by atoms with van der Waals surface area (Å²) in [5, 5.41) is 0. The molecule has 0 unspecified atom stereocenters. The predicted molar refractivity (Wildman–Crippen MR) is 124 cm³/mol. The third-order valence-electron chi connectivity index (χ3n) is 5.70. The van der Waals surface area contributed by atoms with Gasteiger partial charge < -0.3 is 20.8 Å². The van der Waals surface area contributed by atoms with Gasteiger partial charge in [0.25, 0.3) is 0 Å². The van der Waals surface area contributed by atoms with Gasteiger partial charge in [0.2, 0.25) is 0 Å². The van der Waals surface area contributed by atoms with Crippen LogP contribution in [0.25, 0.3) is 0 Å². The summed E-state index contributed by atoms with van der Waals surface area (Å²) in [7, 11) is -0.312. The van der Waals surface area contributed by atoms with Crippen LogP contribution >= 0.6 is 15.9 Å². The second-order valence-corrected chi connectivity index (χ2v) is 9.53. The maximum Gasteiger partial charge on any atom is 0.494 e. The van der Waals surface area contributed by atoms with E-state index in [-0.39, 0.29) is 18.3 Å². The highest BCUT2D eigenvalue weighted by atomic mass is 79.9. The summed E-state index contributed by atoms with van der Waals surface area (Å²) >= 11 is 3.39. The van der Waals surface area contributed by atoms with E-state index < -0.39 is 0 Å². The van der Waals surface area contributed by atoms with Crippen LogP contribution in [0.15, 0.2) is 28.7 Å². The first kappa shape index (κ1) is 22.8. The molecule has 2 aromatic carbocycles. The molecule has 1 fully saturated rings. The molecule has 0 aliphatic carbocycles. The van der Waals surface area contributed by atoms with E-state index >= 15 is 0 Å². The number of nitrogen functional groups attached to an aromatic ring is 2. The normalized spacial score (nSPS) is 17.2. The first-order valence-electron chi connectivity index (χ1n) is 9.49. The van der Waals surface area contributed by atoms with Crippen molar-refractivity contribution in [3.05, 3.63) is 51.0 Å². The summed E-state index contributed by atoms with van der Waals surface area (Å²) in [6.45, 7) is 16.3. The van der Waals surface area contributed by atoms with Crippen LogP contribution in [0.1, 0.15) is 49.9 Å². The zero-order valence-electron chi connectivity index (χ0n) is 18.2. The van der Waals surface area contributed by atoms with Gasteiger partial charge in [-0.2, -0.15) is 0 Å². The molecule has 1 aliphatic rings. The summed E-state index contributed by atoms with van der Waals surface area (Å²) in [6, 6.07) is 8.12. The van der Waals surface area contributed by atoms with Crippen LogP contribution in [0.4, 0.5) is 11.4 Å². The largest absolute Gasteiger partial charge is 0.494 e. The maximum atomic E-state index is 6.04. The van der Waals surface area contributed by atoms with Crippen molar-refractivity contribution in [2.75, 3.05) is 11.5 Å². The molecule has 0 aromatic heterocycles. The Hall–Kier alpha value is -1.50. The quantitative estimate of drug-likeness (QED) is 0.485. The number of rotatable bonds is 1. The highest BCUT2D eigenvalue weighted by Gasteiger charge is 2.51. The van der Waals surface area contributed by atoms with Crippen molar-refractivity contribution in [3.63, 3.8) is 0 Å². The first-order chi connectivity index (χ1) is 12.7. The van der Waals surface area contributed by atoms with Crippen LogP contribution < -0.4 is 16.9 Å². The fourth-order valence-electron chi connectivity index (χ4n) is 3.05. The zero-order chi connectivity index (χ0) is 21.4. The molecule has 2 aromatic rings. The topological polar surface area (TPSA) is 70.5 Å². The highest BCUT2D eigenvalue weighted by molar-refractivity contribution is 9.10. The Morgan fingerprint density at radius 2 is 1.04 bits per heavy atom. The number of nitrogens with two attached hydrogens (primary N) is 2. The third kappa shape index (κ3) is 4.73. The number of hydrogen-bond donors (Lipinski definition) is 2. The van der Waals surface area contributed by atoms with E-state index in [0.717, 1.165) is 43.6 Å². The van der Waals surface area contributed by atoms with Gasteiger partial charge in [0, 0.05) is 15.8 Å². The van der Waals surface area contributed by atoms with Crippen molar-refractivity contribution in [2.24, 2.45) is 0 Å². The van der Waals surface area contributed by atoms with Gasteiger partial charge in [0.05, 0.1) is 11.2 Å². The van der Waals surface area contributed by atoms with Crippen LogP contribution in [0, 0.1) is 27.7 Å². The molecular formula is C22H32BBrN2O2. The van der Waals surface area contributed by atoms with Gasteiger partial charge in [-0.25, -0.2) is 0 Å². The summed E-state index contributed by atoms with van der Waals surface area (Å²) in [5.74, 6) is 0. The summed E-state index contributed by atoms with van der Waals surface area (Å²) < 4.78 is 13.2. The van der Waals surface area contributed by atoms with Crippen molar-refractivity contribution < 1.29 is 9.31 Å². The van der Waals surface area contributed by atoms with Crippen LogP contribution in [-0.4, -0.2) is 18.3 Å². The monoisotopic (exact) mass is 446 g/mol. The standard InChI is InChI=1S/C14H22BNO2.C8H10BrN/c1-9-7-11(8-10(2)12(9)16)15-17-13(3,4)14(5,6)18-15;1-5-3-7(9)4-6(2)8(5)10/h7-8H,16H2,1-6H3;3-4H,10H2,1-2H3. The van der Waals surface area contributed by atoms with Crippen molar-refractivity contribution in [2.45, 2.75) is 66.6 Å². The van der Waals surface area contributed by atoms with E-state index in [1.807, 2.05) is 52.0 Å². The lowest BCUT2D eigenvalue weighted by atomic mass is 9.77. The lowest BCUT2D eigenvalue weighted by molar-refractivity contribution is 0.00578. The summed E-state index contributed by atoms with van der Waals surface area (Å²) in [6.07, 6.45) is 0. The molecule has 0 saturated carbocycles. The van der Waals surface area contributed by atoms with Crippen LogP contribution in [0.2, 0.25) is 0 Å². The smallest absolute Gasteiger partial charge is 0.399 e. The minimum atomic E-state index is -0.312. The van der Waals surface area contributed by atoms with Crippen LogP contribution in [0.3, 0.4) is 0 Å². The van der Waals surface area contributed by atoms with Gasteiger partial charge >= 0.3 is 7.12 Å². The van der Waals surface area contributed by atoms with Gasteiger partial charge in [-0.15, -0.1) is 0 Å². The Morgan fingerprint density at radius 1 is 0.714 bits per heavy atom. The van der Waals surface area contributed by atoms with E-state index in [1.54, 1.807) is 0 Å². The van der Waals surface area contributed by atoms with E-state index in [0.29, 0.717) is 0 Å². The van der Waals surface area contributed by atoms with E-state index in [4.69, 9.17) is 20.8 Å². The van der Waals surface area contributed by atoms with Crippen molar-refractivity contribution >= 4 is 39.9 Å². The Bertz CT molecular complexity index is 819. The zero-order valence-corrected chi connectivity index (χ0v) is 19.8. The molecule has 0 bridgehead atoms. The summed E-state index contributed by atoms with van der Waals surface area (Å²) in [5.41, 5.74) is 18.3. The molecule has 1 aliphatic heterocycles. The second kappa shape index (κ2) is 8.09. The molecule has 0 radical (unpaired) electrons. The molecule has 152 valence electrons. The fourth-order valence-corrected chi connectivity index (χ4v) is 3.73. The Balaban J connectivity index is 0.000000237. The number of benzene rings is 2. The Labute approximate surface area is 178 Å². The van der Waals surface area contributed by atoms with Gasteiger partial charge in [-0.3, -0.25) is 0 Å². The minimum absolute atomic E-state index is 0.305. The molecular weight excluding hydrogens is 415 g/mol. The molecule has 3 rings (SSSR count). The van der Waals surface area contributed by atoms with Crippen LogP contribution in [-0.2, 0) is 9.31 Å². The first-order valence-corrected chi connectivity index (χ1v) is 10.3. The second-order valence-electron chi connectivity index (χ2n) is 8.61. The third-order valence-corrected chi connectivity index (χ3v) is 6.16. The molecule has 4 nitrogen and oxygen atoms in total. The molecule has 4 N–H and O–H groups in total. The highest BCUT2D eigenvalue weighted by Crippen LogP contribution is 2.36. The Kier molecular flexibility index (Phi) is 6.59. The number of hydrogen-bond acceptors (Lipinski definition) is 4. The molecule has 1 saturated heterocycles. The lowest BCUT2D eigenvalue weighted by Gasteiger charge is -2.32. The lowest BCUT2D eigenvalue weighted by Crippen LogP contribution is -2.41. The average molecular weight is 447 g/mol. The molecule has 0 spiro atoms. The maximum absolute atomic E-state index is 6.04. The van der Waals surface area contributed by atoms with Crippen LogP contribution in [0.5, 0.6) is 0 Å². The SMILES string of the molecule is Cc1cc(B2OC(C)(C)C(C)(C)O2)cc(C)c1N.Cc1cc(Br)cc(C)c1N. The molecule has 0 atom stereocenters. The average Bonchev–Trinajstić information content (AvgIpc) is 2.78. The van der Waals surface area contributed by atoms with E-state index in [2.05, 4.69) is 43.6 Å². The fraction of sp³-hybridized carbons (Fsp3) is 0.455. The van der Waals surface area contributed by atoms with E-state index in [9.17, 15) is 0 Å². The number of halogens is 1. The Morgan fingerprint density at radius 3 is 1.39 bits per heavy atom. The summed E-state index contributed by atoms with van der Waals surface area (Å²) in [4.78, 5) is 0. The van der Waals surface area contributed by atoms with Crippen molar-refractivity contribution in [3.8, 4) is 0 Å². The van der Waals surface area contributed by atoms with E-state index in [1.165, 1.54) is 0 Å². The van der Waals surface area contributed by atoms with Gasteiger partial charge in [-0.1, -0.05) is 28.1 Å². The van der Waals surface area contributed by atoms with Gasteiger partial charge in [0.1, 0.15) is 0 Å². The molecule has 28 heavy (non-hydrogen) atoms. The van der Waals surface area contributed by atoms with Gasteiger partial charge in [-0.05, 0) is 95.2 Å². The number of aryl methyl sites for hydroxylation is 4. The van der Waals surface area contributed by atoms with Crippen molar-refractivity contribution in [1.82, 2.24) is 0 Å². The minimum Gasteiger partial charge on any atom is -0.399 e. The molecule has 0 amide bonds. The molecule has 1 heterocycles. The van der Waals surface area contributed by atoms with Gasteiger partial charge in [0.15, 0.2) is 0 Å².